The maximum Gasteiger partial charge on any atom is 0.255 e. The van der Waals surface area contributed by atoms with Gasteiger partial charge in [-0.2, -0.15) is 9.41 Å². The summed E-state index contributed by atoms with van der Waals surface area (Å²) in [6.45, 7) is 1.58. The number of carbonyl (C=O) groups is 1. The number of phenolic OH excluding ortho intramolecular Hbond substituents is 1. The summed E-state index contributed by atoms with van der Waals surface area (Å²) in [5.41, 5.74) is 4.56. The number of hydrazone groups is 1. The number of carbonyl (C=O) groups excluding carboxylic acids is 1. The first-order valence-corrected chi connectivity index (χ1v) is 12.0. The fourth-order valence-corrected chi connectivity index (χ4v) is 4.62. The number of phenols is 1. The Morgan fingerprint density at radius 1 is 1.06 bits per heavy atom. The molecule has 3 rings (SSSR count). The van der Waals surface area contributed by atoms with Gasteiger partial charge < -0.3 is 9.84 Å². The summed E-state index contributed by atoms with van der Waals surface area (Å²) in [7, 11) is -2.49. The van der Waals surface area contributed by atoms with Crippen LogP contribution in [-0.2, 0) is 21.2 Å². The molecule has 0 unspecified atom stereocenters. The molecule has 0 aliphatic carbocycles. The Labute approximate surface area is 199 Å². The second-order valence-corrected chi connectivity index (χ2v) is 9.52. The van der Waals surface area contributed by atoms with E-state index in [1.165, 1.54) is 25.5 Å². The van der Waals surface area contributed by atoms with Crippen LogP contribution in [0, 0.1) is 6.92 Å². The number of hydrogen-bond acceptors (Lipinski definition) is 6. The minimum Gasteiger partial charge on any atom is -0.504 e. The second-order valence-electron chi connectivity index (χ2n) is 7.58. The summed E-state index contributed by atoms with van der Waals surface area (Å²) in [6.07, 6.45) is 1.71. The van der Waals surface area contributed by atoms with E-state index in [0.717, 1.165) is 15.4 Å². The van der Waals surface area contributed by atoms with Crippen LogP contribution in [0.1, 0.15) is 16.7 Å². The van der Waals surface area contributed by atoms with E-state index in [9.17, 15) is 18.3 Å². The lowest BCUT2D eigenvalue weighted by molar-refractivity contribution is -0.121. The Hall–Kier alpha value is -3.69. The second kappa shape index (κ2) is 11.4. The lowest BCUT2D eigenvalue weighted by Gasteiger charge is -2.21. The number of para-hydroxylation sites is 1. The van der Waals surface area contributed by atoms with Crippen LogP contribution in [0.5, 0.6) is 11.5 Å². The monoisotopic (exact) mass is 481 g/mol. The van der Waals surface area contributed by atoms with Crippen molar-refractivity contribution in [2.75, 3.05) is 20.2 Å². The Bertz CT molecular complexity index is 1240. The fraction of sp³-hybridized carbons (Fsp3) is 0.200. The van der Waals surface area contributed by atoms with Gasteiger partial charge in [-0.25, -0.2) is 13.8 Å². The number of hydrogen-bond donors (Lipinski definition) is 2. The van der Waals surface area contributed by atoms with Gasteiger partial charge in [0.1, 0.15) is 0 Å². The average Bonchev–Trinajstić information content (AvgIpc) is 2.83. The molecule has 0 heterocycles. The summed E-state index contributed by atoms with van der Waals surface area (Å²) in [5, 5.41) is 14.0. The zero-order chi connectivity index (χ0) is 24.6. The van der Waals surface area contributed by atoms with E-state index in [2.05, 4.69) is 10.5 Å². The molecule has 0 radical (unpaired) electrons. The van der Waals surface area contributed by atoms with Crippen LogP contribution in [0.4, 0.5) is 0 Å². The van der Waals surface area contributed by atoms with Gasteiger partial charge in [0.15, 0.2) is 11.5 Å². The topological polar surface area (TPSA) is 108 Å². The SMILES string of the molecule is COc1cccc(/C=N\NC(=O)CN(CCc2ccccc2)S(=O)(=O)c2ccc(C)cc2)c1O. The molecular weight excluding hydrogens is 454 g/mol. The normalized spacial score (nSPS) is 11.6. The lowest BCUT2D eigenvalue weighted by Crippen LogP contribution is -2.40. The van der Waals surface area contributed by atoms with Crippen LogP contribution in [-0.4, -0.2) is 50.2 Å². The maximum absolute atomic E-state index is 13.3. The number of sulfonamides is 1. The first-order chi connectivity index (χ1) is 16.3. The van der Waals surface area contributed by atoms with E-state index in [1.807, 2.05) is 37.3 Å². The van der Waals surface area contributed by atoms with Crippen molar-refractivity contribution in [2.45, 2.75) is 18.2 Å². The maximum atomic E-state index is 13.3. The van der Waals surface area contributed by atoms with Gasteiger partial charge in [-0.1, -0.05) is 54.1 Å². The van der Waals surface area contributed by atoms with Crippen LogP contribution < -0.4 is 10.2 Å². The third-order valence-electron chi connectivity index (χ3n) is 5.11. The third-order valence-corrected chi connectivity index (χ3v) is 6.97. The minimum atomic E-state index is -3.91. The summed E-state index contributed by atoms with van der Waals surface area (Å²) < 4.78 is 32.7. The van der Waals surface area contributed by atoms with Gasteiger partial charge in [0, 0.05) is 12.1 Å². The minimum absolute atomic E-state index is 0.115. The number of benzene rings is 3. The van der Waals surface area contributed by atoms with Gasteiger partial charge in [-0.05, 0) is 43.2 Å². The van der Waals surface area contributed by atoms with Crippen LogP contribution in [0.3, 0.4) is 0 Å². The number of amides is 1. The van der Waals surface area contributed by atoms with Crippen molar-refractivity contribution in [1.82, 2.24) is 9.73 Å². The van der Waals surface area contributed by atoms with Crippen molar-refractivity contribution in [3.8, 4) is 11.5 Å². The molecular formula is C25H27N3O5S. The number of rotatable bonds is 10. The number of nitrogens with zero attached hydrogens (tertiary/aromatic N) is 2. The first-order valence-electron chi connectivity index (χ1n) is 10.6. The predicted octanol–water partition coefficient (Wildman–Crippen LogP) is 3.09. The highest BCUT2D eigenvalue weighted by molar-refractivity contribution is 7.89. The van der Waals surface area contributed by atoms with Crippen molar-refractivity contribution in [3.05, 3.63) is 89.5 Å². The number of ether oxygens (including phenoxy) is 1. The largest absolute Gasteiger partial charge is 0.504 e. The van der Waals surface area contributed by atoms with E-state index >= 15 is 0 Å². The standard InChI is InChI=1S/C25H27N3O5S/c1-19-11-13-22(14-12-19)34(31,32)28(16-15-20-7-4-3-5-8-20)18-24(29)27-26-17-21-9-6-10-23(33-2)25(21)30/h3-14,17,30H,15-16,18H2,1-2H3,(H,27,29)/b26-17-. The van der Waals surface area contributed by atoms with Crippen molar-refractivity contribution in [3.63, 3.8) is 0 Å². The van der Waals surface area contributed by atoms with Gasteiger partial charge in [-0.15, -0.1) is 0 Å². The Kier molecular flexibility index (Phi) is 8.39. The molecule has 178 valence electrons. The smallest absolute Gasteiger partial charge is 0.255 e. The van der Waals surface area contributed by atoms with Crippen molar-refractivity contribution >= 4 is 22.1 Å². The zero-order valence-corrected chi connectivity index (χ0v) is 19.8. The third kappa shape index (κ3) is 6.43. The summed E-state index contributed by atoms with van der Waals surface area (Å²) in [6, 6.07) is 20.8. The molecule has 0 saturated heterocycles. The highest BCUT2D eigenvalue weighted by Gasteiger charge is 2.26. The van der Waals surface area contributed by atoms with E-state index in [1.54, 1.807) is 30.3 Å². The van der Waals surface area contributed by atoms with Gasteiger partial charge in [0.25, 0.3) is 5.91 Å². The quantitative estimate of drug-likeness (QED) is 0.342. The summed E-state index contributed by atoms with van der Waals surface area (Å²) in [5.74, 6) is -0.455. The number of methoxy groups -OCH3 is 1. The van der Waals surface area contributed by atoms with Crippen molar-refractivity contribution in [1.29, 1.82) is 0 Å². The number of aromatic hydroxyl groups is 1. The highest BCUT2D eigenvalue weighted by atomic mass is 32.2. The Morgan fingerprint density at radius 2 is 1.76 bits per heavy atom. The van der Waals surface area contributed by atoms with Gasteiger partial charge in [0.2, 0.25) is 10.0 Å². The Balaban J connectivity index is 1.75. The van der Waals surface area contributed by atoms with Crippen LogP contribution in [0.15, 0.2) is 82.8 Å². The van der Waals surface area contributed by atoms with Crippen LogP contribution >= 0.6 is 0 Å². The summed E-state index contributed by atoms with van der Waals surface area (Å²) >= 11 is 0. The average molecular weight is 482 g/mol. The van der Waals surface area contributed by atoms with Crippen LogP contribution in [0.25, 0.3) is 0 Å². The van der Waals surface area contributed by atoms with Gasteiger partial charge in [-0.3, -0.25) is 4.79 Å². The van der Waals surface area contributed by atoms with E-state index in [0.29, 0.717) is 12.0 Å². The fourth-order valence-electron chi connectivity index (χ4n) is 3.22. The molecule has 9 heteroatoms. The van der Waals surface area contributed by atoms with Gasteiger partial charge >= 0.3 is 0 Å². The molecule has 0 aliphatic rings. The van der Waals surface area contributed by atoms with Crippen molar-refractivity contribution < 1.29 is 23.1 Å². The predicted molar refractivity (Wildman–Crippen MR) is 130 cm³/mol. The molecule has 1 amide bonds. The lowest BCUT2D eigenvalue weighted by atomic mass is 10.1. The molecule has 3 aromatic carbocycles. The highest BCUT2D eigenvalue weighted by Crippen LogP contribution is 2.27. The first kappa shape index (κ1) is 24.9. The molecule has 0 spiro atoms. The molecule has 0 aliphatic heterocycles. The molecule has 3 aromatic rings. The Morgan fingerprint density at radius 3 is 2.44 bits per heavy atom. The number of nitrogens with one attached hydrogen (secondary N) is 1. The molecule has 2 N–H and O–H groups in total. The van der Waals surface area contributed by atoms with E-state index < -0.39 is 22.5 Å². The molecule has 34 heavy (non-hydrogen) atoms. The van der Waals surface area contributed by atoms with Crippen molar-refractivity contribution in [2.24, 2.45) is 5.10 Å². The molecule has 0 fully saturated rings. The van der Waals surface area contributed by atoms with E-state index in [-0.39, 0.29) is 22.9 Å². The zero-order valence-electron chi connectivity index (χ0n) is 19.0. The molecule has 0 bridgehead atoms. The summed E-state index contributed by atoms with van der Waals surface area (Å²) in [4.78, 5) is 12.7. The number of aryl methyl sites for hydroxylation is 1. The molecule has 8 nitrogen and oxygen atoms in total. The van der Waals surface area contributed by atoms with Gasteiger partial charge in [0.05, 0.1) is 24.8 Å². The van der Waals surface area contributed by atoms with E-state index in [4.69, 9.17) is 4.74 Å². The molecule has 0 aromatic heterocycles. The van der Waals surface area contributed by atoms with Crippen LogP contribution in [0.2, 0.25) is 0 Å². The molecule has 0 atom stereocenters. The molecule has 0 saturated carbocycles.